The molecule has 4 atom stereocenters. The van der Waals surface area contributed by atoms with Crippen LogP contribution in [0.25, 0.3) is 0 Å². The van der Waals surface area contributed by atoms with Gasteiger partial charge in [0, 0.05) is 19.5 Å². The predicted molar refractivity (Wildman–Crippen MR) is 73.6 cm³/mol. The molecule has 4 heteroatoms. The molecule has 0 radical (unpaired) electrons. The van der Waals surface area contributed by atoms with Crippen molar-refractivity contribution in [2.45, 2.75) is 45.3 Å². The van der Waals surface area contributed by atoms with E-state index >= 15 is 0 Å². The maximum Gasteiger partial charge on any atom is 0.323 e. The second kappa shape index (κ2) is 6.06. The summed E-state index contributed by atoms with van der Waals surface area (Å²) in [5.41, 5.74) is 1.42. The number of methoxy groups -OCH3 is 1. The number of aliphatic hydroxyl groups is 1. The van der Waals surface area contributed by atoms with Gasteiger partial charge in [-0.25, -0.2) is 0 Å². The minimum atomic E-state index is -0.410. The number of ether oxygens (including phenoxy) is 1. The molecule has 2 rings (SSSR count). The lowest BCUT2D eigenvalue weighted by Crippen LogP contribution is -2.41. The first-order chi connectivity index (χ1) is 9.02. The van der Waals surface area contributed by atoms with Crippen LogP contribution >= 0.6 is 0 Å². The molecule has 1 saturated heterocycles. The highest BCUT2D eigenvalue weighted by atomic mass is 16.5. The van der Waals surface area contributed by atoms with Gasteiger partial charge in [-0.15, -0.1) is 0 Å². The number of nitrogens with zero attached hydrogens (tertiary/aromatic N) is 1. The summed E-state index contributed by atoms with van der Waals surface area (Å²) in [5.74, 6) is 0.911. The summed E-state index contributed by atoms with van der Waals surface area (Å²) in [6.45, 7) is 5.89. The van der Waals surface area contributed by atoms with E-state index in [1.54, 1.807) is 0 Å². The van der Waals surface area contributed by atoms with Gasteiger partial charge in [-0.3, -0.25) is 9.69 Å². The minimum absolute atomic E-state index is 0.221. The minimum Gasteiger partial charge on any atom is -0.468 e. The van der Waals surface area contributed by atoms with Gasteiger partial charge >= 0.3 is 5.97 Å². The number of esters is 1. The Morgan fingerprint density at radius 3 is 2.95 bits per heavy atom. The SMILES string of the molecule is COC(=O)[C@@H]1C[C@@H](O)CN1C[C@@H]1C(C)=CCC[C@@H]1C. The predicted octanol–water partition coefficient (Wildman–Crippen LogP) is 1.59. The third kappa shape index (κ3) is 3.18. The van der Waals surface area contributed by atoms with Crippen LogP contribution < -0.4 is 0 Å². The number of β-amino-alcohol motifs (C(OH)–C–C–N with tert-alkyl or cyclic N) is 1. The van der Waals surface area contributed by atoms with Crippen LogP contribution in [0.3, 0.4) is 0 Å². The average Bonchev–Trinajstić information content (AvgIpc) is 2.74. The van der Waals surface area contributed by atoms with Crippen molar-refractivity contribution in [2.24, 2.45) is 11.8 Å². The van der Waals surface area contributed by atoms with E-state index in [1.165, 1.54) is 19.1 Å². The fourth-order valence-corrected chi connectivity index (χ4v) is 3.41. The van der Waals surface area contributed by atoms with Crippen molar-refractivity contribution in [3.8, 4) is 0 Å². The summed E-state index contributed by atoms with van der Waals surface area (Å²) in [4.78, 5) is 13.9. The fraction of sp³-hybridized carbons (Fsp3) is 0.800. The quantitative estimate of drug-likeness (QED) is 0.623. The number of aliphatic hydroxyl groups excluding tert-OH is 1. The molecule has 0 unspecified atom stereocenters. The molecule has 4 nitrogen and oxygen atoms in total. The normalized spacial score (nSPS) is 36.1. The molecule has 0 amide bonds. The Bertz CT molecular complexity index is 366. The molecule has 0 saturated carbocycles. The van der Waals surface area contributed by atoms with Crippen molar-refractivity contribution in [2.75, 3.05) is 20.2 Å². The molecule has 1 aliphatic heterocycles. The standard InChI is InChI=1S/C15H25NO3/c1-10-5-4-6-11(2)13(10)9-16-8-12(17)7-14(16)15(18)19-3/h5,11-14,17H,4,6-9H2,1-3H3/t11-,12+,13+,14-/m0/s1. The van der Waals surface area contributed by atoms with Crippen LogP contribution in [0, 0.1) is 11.8 Å². The molecule has 19 heavy (non-hydrogen) atoms. The molecular weight excluding hydrogens is 242 g/mol. The van der Waals surface area contributed by atoms with Crippen LogP contribution in [0.5, 0.6) is 0 Å². The molecule has 0 aromatic carbocycles. The van der Waals surface area contributed by atoms with Crippen LogP contribution in [-0.4, -0.2) is 48.3 Å². The van der Waals surface area contributed by atoms with Crippen LogP contribution in [-0.2, 0) is 9.53 Å². The van der Waals surface area contributed by atoms with Crippen LogP contribution in [0.15, 0.2) is 11.6 Å². The number of likely N-dealkylation sites (tertiary alicyclic amines) is 1. The van der Waals surface area contributed by atoms with Gasteiger partial charge in [-0.1, -0.05) is 18.6 Å². The van der Waals surface area contributed by atoms with Crippen molar-refractivity contribution in [3.05, 3.63) is 11.6 Å². The van der Waals surface area contributed by atoms with E-state index < -0.39 is 6.10 Å². The summed E-state index contributed by atoms with van der Waals surface area (Å²) in [5, 5.41) is 9.81. The number of carbonyl (C=O) groups excluding carboxylic acids is 1. The van der Waals surface area contributed by atoms with E-state index in [0.29, 0.717) is 24.8 Å². The lowest BCUT2D eigenvalue weighted by atomic mass is 9.79. The Kier molecular flexibility index (Phi) is 4.63. The molecule has 1 aliphatic carbocycles. The van der Waals surface area contributed by atoms with Crippen molar-refractivity contribution in [1.82, 2.24) is 4.90 Å². The van der Waals surface area contributed by atoms with E-state index in [0.717, 1.165) is 13.0 Å². The van der Waals surface area contributed by atoms with E-state index in [9.17, 15) is 9.90 Å². The zero-order chi connectivity index (χ0) is 14.0. The number of hydrogen-bond acceptors (Lipinski definition) is 4. The van der Waals surface area contributed by atoms with Crippen molar-refractivity contribution < 1.29 is 14.6 Å². The second-order valence-corrected chi connectivity index (χ2v) is 5.99. The number of hydrogen-bond donors (Lipinski definition) is 1. The van der Waals surface area contributed by atoms with Crippen molar-refractivity contribution in [1.29, 1.82) is 0 Å². The van der Waals surface area contributed by atoms with E-state index in [1.807, 2.05) is 0 Å². The van der Waals surface area contributed by atoms with E-state index in [2.05, 4.69) is 24.8 Å². The topological polar surface area (TPSA) is 49.8 Å². The van der Waals surface area contributed by atoms with E-state index in [4.69, 9.17) is 4.74 Å². The largest absolute Gasteiger partial charge is 0.468 e. The number of rotatable bonds is 3. The summed E-state index contributed by atoms with van der Waals surface area (Å²) < 4.78 is 4.85. The summed E-state index contributed by atoms with van der Waals surface area (Å²) >= 11 is 0. The van der Waals surface area contributed by atoms with Crippen LogP contribution in [0.4, 0.5) is 0 Å². The highest BCUT2D eigenvalue weighted by Gasteiger charge is 2.38. The Hall–Kier alpha value is -0.870. The van der Waals surface area contributed by atoms with Gasteiger partial charge in [0.05, 0.1) is 13.2 Å². The molecule has 0 aromatic heterocycles. The average molecular weight is 267 g/mol. The molecule has 1 N–H and O–H groups in total. The molecule has 0 bridgehead atoms. The molecule has 1 fully saturated rings. The van der Waals surface area contributed by atoms with Gasteiger partial charge in [0.15, 0.2) is 0 Å². The fourth-order valence-electron chi connectivity index (χ4n) is 3.41. The third-order valence-corrected chi connectivity index (χ3v) is 4.65. The first-order valence-corrected chi connectivity index (χ1v) is 7.19. The highest BCUT2D eigenvalue weighted by Crippen LogP contribution is 2.32. The molecule has 2 aliphatic rings. The maximum atomic E-state index is 11.8. The van der Waals surface area contributed by atoms with Gasteiger partial charge in [0.25, 0.3) is 0 Å². The van der Waals surface area contributed by atoms with Gasteiger partial charge in [0.1, 0.15) is 6.04 Å². The Morgan fingerprint density at radius 1 is 1.58 bits per heavy atom. The van der Waals surface area contributed by atoms with Crippen LogP contribution in [0.2, 0.25) is 0 Å². The zero-order valence-corrected chi connectivity index (χ0v) is 12.1. The van der Waals surface area contributed by atoms with Gasteiger partial charge in [0.2, 0.25) is 0 Å². The smallest absolute Gasteiger partial charge is 0.323 e. The third-order valence-electron chi connectivity index (χ3n) is 4.65. The summed E-state index contributed by atoms with van der Waals surface area (Å²) in [7, 11) is 1.42. The molecule has 0 spiro atoms. The van der Waals surface area contributed by atoms with E-state index in [-0.39, 0.29) is 12.0 Å². The maximum absolute atomic E-state index is 11.8. The first-order valence-electron chi connectivity index (χ1n) is 7.19. The van der Waals surface area contributed by atoms with Gasteiger partial charge in [-0.2, -0.15) is 0 Å². The molecule has 0 aromatic rings. The monoisotopic (exact) mass is 267 g/mol. The Labute approximate surface area is 115 Å². The first kappa shape index (κ1) is 14.5. The number of allylic oxidation sites excluding steroid dienone is 1. The summed E-state index contributed by atoms with van der Waals surface area (Å²) in [6.07, 6.45) is 4.77. The van der Waals surface area contributed by atoms with Gasteiger partial charge in [-0.05, 0) is 31.6 Å². The van der Waals surface area contributed by atoms with Crippen molar-refractivity contribution in [3.63, 3.8) is 0 Å². The molecule has 1 heterocycles. The van der Waals surface area contributed by atoms with Crippen LogP contribution in [0.1, 0.15) is 33.1 Å². The Morgan fingerprint density at radius 2 is 2.32 bits per heavy atom. The summed E-state index contributed by atoms with van der Waals surface area (Å²) in [6, 6.07) is -0.276. The lowest BCUT2D eigenvalue weighted by Gasteiger charge is -2.34. The highest BCUT2D eigenvalue weighted by molar-refractivity contribution is 5.76. The van der Waals surface area contributed by atoms with Crippen molar-refractivity contribution >= 4 is 5.97 Å². The lowest BCUT2D eigenvalue weighted by molar-refractivity contribution is -0.146. The zero-order valence-electron chi connectivity index (χ0n) is 12.1. The second-order valence-electron chi connectivity index (χ2n) is 5.99. The Balaban J connectivity index is 2.06. The van der Waals surface area contributed by atoms with Gasteiger partial charge < -0.3 is 9.84 Å². The molecular formula is C15H25NO3. The molecule has 108 valence electrons. The number of carbonyl (C=O) groups is 1.